The van der Waals surface area contributed by atoms with Gasteiger partial charge >= 0.3 is 0 Å². The molecule has 18 heavy (non-hydrogen) atoms. The highest BCUT2D eigenvalue weighted by molar-refractivity contribution is 7.97. The van der Waals surface area contributed by atoms with Crippen molar-refractivity contribution in [2.75, 3.05) is 0 Å². The molecular weight excluding hydrogens is 256 g/mol. The molecule has 0 bridgehead atoms. The van der Waals surface area contributed by atoms with E-state index in [1.54, 1.807) is 11.3 Å². The quantitative estimate of drug-likeness (QED) is 0.597. The first-order chi connectivity index (χ1) is 8.95. The lowest BCUT2D eigenvalue weighted by Gasteiger charge is -2.05. The molecule has 0 saturated carbocycles. The summed E-state index contributed by atoms with van der Waals surface area (Å²) >= 11 is 1.76. The van der Waals surface area contributed by atoms with Crippen molar-refractivity contribution in [3.8, 4) is 0 Å². The van der Waals surface area contributed by atoms with E-state index >= 15 is 0 Å². The average molecular weight is 269 g/mol. The van der Waals surface area contributed by atoms with Crippen LogP contribution in [0.2, 0.25) is 0 Å². The van der Waals surface area contributed by atoms with Gasteiger partial charge in [-0.15, -0.1) is 11.3 Å². The standard InChI is InChI=1S/C16H13S2/c1-3-7-14(8-4-1)18(16-11-12-17-13-16)15-9-5-2-6-10-15/h1-13H/q+1. The summed E-state index contributed by atoms with van der Waals surface area (Å²) in [6, 6.07) is 23.7. The Kier molecular flexibility index (Phi) is 3.49. The molecule has 0 nitrogen and oxygen atoms in total. The largest absolute Gasteiger partial charge is 0.177 e. The summed E-state index contributed by atoms with van der Waals surface area (Å²) in [4.78, 5) is 4.15. The zero-order valence-electron chi connectivity index (χ0n) is 9.82. The Balaban J connectivity index is 2.11. The predicted molar refractivity (Wildman–Crippen MR) is 79.4 cm³/mol. The van der Waals surface area contributed by atoms with Crippen LogP contribution in [0.3, 0.4) is 0 Å². The first-order valence-corrected chi connectivity index (χ1v) is 7.98. The number of benzene rings is 2. The second-order valence-electron chi connectivity index (χ2n) is 3.89. The van der Waals surface area contributed by atoms with Crippen LogP contribution in [0.15, 0.2) is 92.2 Å². The zero-order chi connectivity index (χ0) is 12.2. The fourth-order valence-electron chi connectivity index (χ4n) is 1.89. The van der Waals surface area contributed by atoms with Crippen LogP contribution in [0.25, 0.3) is 0 Å². The third kappa shape index (κ3) is 2.35. The summed E-state index contributed by atoms with van der Waals surface area (Å²) in [5.41, 5.74) is 0. The average Bonchev–Trinajstić information content (AvgIpc) is 2.95. The molecule has 0 fully saturated rings. The van der Waals surface area contributed by atoms with Crippen LogP contribution < -0.4 is 0 Å². The molecular formula is C16H13S2+. The molecule has 0 radical (unpaired) electrons. The summed E-state index contributed by atoms with van der Waals surface area (Å²) in [5.74, 6) is 0. The van der Waals surface area contributed by atoms with Gasteiger partial charge in [-0.25, -0.2) is 0 Å². The fraction of sp³-hybridized carbons (Fsp3) is 0. The highest BCUT2D eigenvalue weighted by Gasteiger charge is 2.28. The molecule has 1 heterocycles. The number of hydrogen-bond acceptors (Lipinski definition) is 1. The number of thiophene rings is 1. The molecule has 88 valence electrons. The van der Waals surface area contributed by atoms with Gasteiger partial charge in [-0.05, 0) is 29.6 Å². The Labute approximate surface area is 114 Å². The van der Waals surface area contributed by atoms with Gasteiger partial charge in [0.2, 0.25) is 0 Å². The van der Waals surface area contributed by atoms with Gasteiger partial charge in [-0.1, -0.05) is 36.4 Å². The van der Waals surface area contributed by atoms with Crippen LogP contribution in [0.5, 0.6) is 0 Å². The Morgan fingerprint density at radius 3 is 1.61 bits per heavy atom. The maximum atomic E-state index is 2.25. The zero-order valence-corrected chi connectivity index (χ0v) is 11.5. The molecule has 0 aliphatic rings. The highest BCUT2D eigenvalue weighted by Crippen LogP contribution is 2.31. The number of hydrogen-bond donors (Lipinski definition) is 0. The van der Waals surface area contributed by atoms with E-state index in [4.69, 9.17) is 0 Å². The van der Waals surface area contributed by atoms with Crippen molar-refractivity contribution >= 4 is 22.2 Å². The molecule has 0 atom stereocenters. The normalized spacial score (nSPS) is 10.7. The second kappa shape index (κ2) is 5.42. The van der Waals surface area contributed by atoms with Crippen molar-refractivity contribution in [1.82, 2.24) is 0 Å². The van der Waals surface area contributed by atoms with Crippen molar-refractivity contribution in [2.45, 2.75) is 14.7 Å². The van der Waals surface area contributed by atoms with Crippen LogP contribution >= 0.6 is 11.3 Å². The third-order valence-corrected chi connectivity index (χ3v) is 5.73. The van der Waals surface area contributed by atoms with E-state index in [0.29, 0.717) is 0 Å². The van der Waals surface area contributed by atoms with Gasteiger partial charge in [0.15, 0.2) is 14.7 Å². The minimum atomic E-state index is 0.0269. The molecule has 0 amide bonds. The van der Waals surface area contributed by atoms with Gasteiger partial charge in [0.05, 0.1) is 0 Å². The van der Waals surface area contributed by atoms with Gasteiger partial charge in [-0.2, -0.15) is 0 Å². The van der Waals surface area contributed by atoms with Crippen molar-refractivity contribution in [3.05, 3.63) is 77.5 Å². The van der Waals surface area contributed by atoms with Gasteiger partial charge in [0.1, 0.15) is 10.9 Å². The molecule has 3 rings (SSSR count). The maximum Gasteiger partial charge on any atom is 0.177 e. The third-order valence-electron chi connectivity index (χ3n) is 2.69. The summed E-state index contributed by atoms with van der Waals surface area (Å²) in [7, 11) is 0.0269. The molecule has 0 spiro atoms. The van der Waals surface area contributed by atoms with Gasteiger partial charge in [0.25, 0.3) is 0 Å². The molecule has 0 N–H and O–H groups in total. The minimum Gasteiger partial charge on any atom is -0.147 e. The van der Waals surface area contributed by atoms with Crippen LogP contribution in [0, 0.1) is 0 Å². The van der Waals surface area contributed by atoms with Crippen LogP contribution in [0.4, 0.5) is 0 Å². The fourth-order valence-corrected chi connectivity index (χ4v) is 4.92. The molecule has 0 aliphatic carbocycles. The second-order valence-corrected chi connectivity index (χ2v) is 6.70. The maximum absolute atomic E-state index is 2.25. The van der Waals surface area contributed by atoms with Crippen LogP contribution in [0.1, 0.15) is 0 Å². The first-order valence-electron chi connectivity index (χ1n) is 5.82. The molecule has 0 saturated heterocycles. The molecule has 2 heteroatoms. The summed E-state index contributed by atoms with van der Waals surface area (Å²) in [6.07, 6.45) is 0. The molecule has 0 aliphatic heterocycles. The van der Waals surface area contributed by atoms with Gasteiger partial charge < -0.3 is 0 Å². The van der Waals surface area contributed by atoms with Gasteiger partial charge in [-0.3, -0.25) is 0 Å². The lowest BCUT2D eigenvalue weighted by molar-refractivity contribution is 1.34. The van der Waals surface area contributed by atoms with E-state index in [-0.39, 0.29) is 10.9 Å². The Morgan fingerprint density at radius 1 is 0.611 bits per heavy atom. The smallest absolute Gasteiger partial charge is 0.147 e. The van der Waals surface area contributed by atoms with E-state index in [1.165, 1.54) is 14.7 Å². The van der Waals surface area contributed by atoms with Crippen molar-refractivity contribution < 1.29 is 0 Å². The van der Waals surface area contributed by atoms with E-state index in [2.05, 4.69) is 77.5 Å². The SMILES string of the molecule is c1ccc([S+](c2ccccc2)c2ccsc2)cc1. The topological polar surface area (TPSA) is 0 Å². The lowest BCUT2D eigenvalue weighted by atomic mass is 10.4. The Hall–Kier alpha value is -1.51. The molecule has 1 aromatic heterocycles. The first kappa shape index (κ1) is 11.6. The van der Waals surface area contributed by atoms with Crippen molar-refractivity contribution in [2.24, 2.45) is 0 Å². The molecule has 2 aromatic carbocycles. The Bertz CT molecular complexity index is 546. The minimum absolute atomic E-state index is 0.0269. The Morgan fingerprint density at radius 2 is 1.17 bits per heavy atom. The van der Waals surface area contributed by atoms with Crippen molar-refractivity contribution in [1.29, 1.82) is 0 Å². The predicted octanol–water partition coefficient (Wildman–Crippen LogP) is 4.84. The molecule has 3 aromatic rings. The van der Waals surface area contributed by atoms with E-state index in [1.807, 2.05) is 0 Å². The molecule has 0 unspecified atom stereocenters. The highest BCUT2D eigenvalue weighted by atomic mass is 32.2. The van der Waals surface area contributed by atoms with Crippen molar-refractivity contribution in [3.63, 3.8) is 0 Å². The van der Waals surface area contributed by atoms with Gasteiger partial charge in [0, 0.05) is 11.4 Å². The monoisotopic (exact) mass is 269 g/mol. The lowest BCUT2D eigenvalue weighted by Crippen LogP contribution is -2.02. The summed E-state index contributed by atoms with van der Waals surface area (Å²) in [5, 5.41) is 4.41. The number of rotatable bonds is 3. The summed E-state index contributed by atoms with van der Waals surface area (Å²) < 4.78 is 0. The van der Waals surface area contributed by atoms with Crippen LogP contribution in [-0.2, 0) is 10.9 Å². The summed E-state index contributed by atoms with van der Waals surface area (Å²) in [6.45, 7) is 0. The van der Waals surface area contributed by atoms with Crippen LogP contribution in [-0.4, -0.2) is 0 Å². The van der Waals surface area contributed by atoms with E-state index in [9.17, 15) is 0 Å². The van der Waals surface area contributed by atoms with E-state index in [0.717, 1.165) is 0 Å². The van der Waals surface area contributed by atoms with E-state index < -0.39 is 0 Å².